The van der Waals surface area contributed by atoms with E-state index in [2.05, 4.69) is 4.98 Å². The minimum atomic E-state index is -0.750. The van der Waals surface area contributed by atoms with Gasteiger partial charge in [0.25, 0.3) is 0 Å². The van der Waals surface area contributed by atoms with Gasteiger partial charge in [-0.3, -0.25) is 19.5 Å². The highest BCUT2D eigenvalue weighted by Crippen LogP contribution is 2.47. The molecule has 0 saturated carbocycles. The molecule has 2 N–H and O–H groups in total. The van der Waals surface area contributed by atoms with Crippen LogP contribution in [0.3, 0.4) is 0 Å². The fourth-order valence-corrected chi connectivity index (χ4v) is 4.42. The molecule has 0 saturated heterocycles. The zero-order chi connectivity index (χ0) is 21.5. The average molecular weight is 403 g/mol. The number of rotatable bonds is 3. The van der Waals surface area contributed by atoms with Crippen LogP contribution in [0.15, 0.2) is 67.0 Å². The Kier molecular flexibility index (Phi) is 4.86. The van der Waals surface area contributed by atoms with Crippen LogP contribution >= 0.6 is 0 Å². The van der Waals surface area contributed by atoms with Gasteiger partial charge in [-0.05, 0) is 35.2 Å². The van der Waals surface area contributed by atoms with Gasteiger partial charge in [0.1, 0.15) is 11.9 Å². The molecule has 0 aliphatic carbocycles. The van der Waals surface area contributed by atoms with E-state index in [1.54, 1.807) is 12.3 Å². The van der Waals surface area contributed by atoms with Gasteiger partial charge in [0.2, 0.25) is 11.8 Å². The highest BCUT2D eigenvalue weighted by atomic mass is 19.1. The second-order valence-electron chi connectivity index (χ2n) is 7.79. The fourth-order valence-electron chi connectivity index (χ4n) is 4.42. The first-order valence-electron chi connectivity index (χ1n) is 9.72. The lowest BCUT2D eigenvalue weighted by Crippen LogP contribution is -2.54. The zero-order valence-corrected chi connectivity index (χ0v) is 16.8. The number of hydrogen-bond donors (Lipinski definition) is 1. The number of aromatic nitrogens is 1. The number of halogens is 1. The van der Waals surface area contributed by atoms with E-state index in [0.717, 1.165) is 16.7 Å². The molecule has 1 aliphatic heterocycles. The molecular weight excluding hydrogens is 381 g/mol. The zero-order valence-electron chi connectivity index (χ0n) is 16.8. The molecule has 2 aromatic carbocycles. The number of carbonyl (C=O) groups excluding carboxylic acids is 2. The van der Waals surface area contributed by atoms with Crippen molar-refractivity contribution in [1.29, 1.82) is 0 Å². The maximum Gasteiger partial charge on any atom is 0.240 e. The van der Waals surface area contributed by atoms with Crippen molar-refractivity contribution < 1.29 is 14.0 Å². The van der Waals surface area contributed by atoms with E-state index in [-0.39, 0.29) is 11.7 Å². The van der Waals surface area contributed by atoms with E-state index < -0.39 is 17.4 Å². The number of benzene rings is 2. The molecule has 6 heteroatoms. The molecule has 30 heavy (non-hydrogen) atoms. The summed E-state index contributed by atoms with van der Waals surface area (Å²) >= 11 is 0. The molecular formula is C24H22FN3O2. The quantitative estimate of drug-likeness (QED) is 0.723. The SMILES string of the molecule is CC(=O)N1c2ccccc2C(C)(c2ccc(-c3ccncc3F)cc2)CC1C(N)=O. The van der Waals surface area contributed by atoms with Crippen molar-refractivity contribution in [2.75, 3.05) is 4.90 Å². The molecule has 3 aromatic rings. The van der Waals surface area contributed by atoms with Crippen molar-refractivity contribution in [3.63, 3.8) is 0 Å². The van der Waals surface area contributed by atoms with Crippen LogP contribution in [-0.4, -0.2) is 22.8 Å². The molecule has 2 unspecified atom stereocenters. The van der Waals surface area contributed by atoms with Crippen molar-refractivity contribution in [3.8, 4) is 11.1 Å². The maximum atomic E-state index is 14.1. The van der Waals surface area contributed by atoms with Gasteiger partial charge in [-0.1, -0.05) is 49.4 Å². The summed E-state index contributed by atoms with van der Waals surface area (Å²) in [6.07, 6.45) is 3.11. The van der Waals surface area contributed by atoms with Crippen LogP contribution in [0.25, 0.3) is 11.1 Å². The predicted octanol–water partition coefficient (Wildman–Crippen LogP) is 3.80. The van der Waals surface area contributed by atoms with Gasteiger partial charge in [0.15, 0.2) is 0 Å². The Balaban J connectivity index is 1.83. The number of nitrogens with zero attached hydrogens (tertiary/aromatic N) is 2. The molecule has 0 fully saturated rings. The lowest BCUT2D eigenvalue weighted by Gasteiger charge is -2.45. The third-order valence-electron chi connectivity index (χ3n) is 5.94. The largest absolute Gasteiger partial charge is 0.368 e. The lowest BCUT2D eigenvalue weighted by atomic mass is 9.68. The van der Waals surface area contributed by atoms with Gasteiger partial charge in [0, 0.05) is 29.8 Å². The Morgan fingerprint density at radius 3 is 2.47 bits per heavy atom. The first-order chi connectivity index (χ1) is 14.3. The summed E-state index contributed by atoms with van der Waals surface area (Å²) in [5, 5.41) is 0. The number of primary amides is 1. The summed E-state index contributed by atoms with van der Waals surface area (Å²) in [4.78, 5) is 29.9. The Morgan fingerprint density at radius 2 is 1.83 bits per heavy atom. The van der Waals surface area contributed by atoms with Gasteiger partial charge < -0.3 is 5.73 Å². The van der Waals surface area contributed by atoms with Crippen molar-refractivity contribution in [2.24, 2.45) is 5.73 Å². The number of pyridine rings is 1. The number of nitrogens with two attached hydrogens (primary N) is 1. The van der Waals surface area contributed by atoms with Gasteiger partial charge >= 0.3 is 0 Å². The van der Waals surface area contributed by atoms with Crippen LogP contribution < -0.4 is 10.6 Å². The molecule has 152 valence electrons. The molecule has 1 aliphatic rings. The van der Waals surface area contributed by atoms with Crippen LogP contribution in [-0.2, 0) is 15.0 Å². The summed E-state index contributed by atoms with van der Waals surface area (Å²) in [5.41, 5.74) is 8.95. The smallest absolute Gasteiger partial charge is 0.240 e. The van der Waals surface area contributed by atoms with Gasteiger partial charge in [-0.2, -0.15) is 0 Å². The Bertz CT molecular complexity index is 1130. The number of amides is 2. The minimum absolute atomic E-state index is 0.225. The second-order valence-corrected chi connectivity index (χ2v) is 7.79. The summed E-state index contributed by atoms with van der Waals surface area (Å²) in [6.45, 7) is 3.48. The first kappa shape index (κ1) is 19.8. The van der Waals surface area contributed by atoms with Crippen LogP contribution in [0.5, 0.6) is 0 Å². The third kappa shape index (κ3) is 3.14. The van der Waals surface area contributed by atoms with Crippen molar-refractivity contribution >= 4 is 17.5 Å². The van der Waals surface area contributed by atoms with E-state index in [1.165, 1.54) is 18.0 Å². The molecule has 0 bridgehead atoms. The molecule has 0 spiro atoms. The number of fused-ring (bicyclic) bond motifs is 1. The Morgan fingerprint density at radius 1 is 1.13 bits per heavy atom. The van der Waals surface area contributed by atoms with E-state index in [1.807, 2.05) is 55.5 Å². The first-order valence-corrected chi connectivity index (χ1v) is 9.72. The standard InChI is InChI=1S/C24H22FN3O2/c1-15(29)28-21-6-4-3-5-19(21)24(2,13-22(28)23(26)30)17-9-7-16(8-10-17)18-11-12-27-14-20(18)25/h3-12,14,22H,13H2,1-2H3,(H2,26,30). The van der Waals surface area contributed by atoms with Crippen molar-refractivity contribution in [3.05, 3.63) is 83.9 Å². The molecule has 1 aromatic heterocycles. The van der Waals surface area contributed by atoms with E-state index in [9.17, 15) is 14.0 Å². The van der Waals surface area contributed by atoms with Crippen LogP contribution in [0.4, 0.5) is 10.1 Å². The third-order valence-corrected chi connectivity index (χ3v) is 5.94. The second kappa shape index (κ2) is 7.37. The minimum Gasteiger partial charge on any atom is -0.368 e. The van der Waals surface area contributed by atoms with Gasteiger partial charge in [-0.25, -0.2) is 4.39 Å². The summed E-state index contributed by atoms with van der Waals surface area (Å²) in [7, 11) is 0. The highest BCUT2D eigenvalue weighted by molar-refractivity contribution is 6.01. The maximum absolute atomic E-state index is 14.1. The van der Waals surface area contributed by atoms with E-state index in [0.29, 0.717) is 17.7 Å². The Labute approximate surface area is 174 Å². The monoisotopic (exact) mass is 403 g/mol. The molecule has 2 amide bonds. The number of anilines is 1. The Hall–Kier alpha value is -3.54. The lowest BCUT2D eigenvalue weighted by molar-refractivity contribution is -0.124. The van der Waals surface area contributed by atoms with Crippen molar-refractivity contribution in [1.82, 2.24) is 4.98 Å². The van der Waals surface area contributed by atoms with Gasteiger partial charge in [-0.15, -0.1) is 0 Å². The number of para-hydroxylation sites is 1. The molecule has 4 rings (SSSR count). The normalized spacial score (nSPS) is 20.5. The summed E-state index contributed by atoms with van der Waals surface area (Å²) in [6, 6.07) is 16.0. The average Bonchev–Trinajstić information content (AvgIpc) is 2.74. The van der Waals surface area contributed by atoms with E-state index >= 15 is 0 Å². The molecule has 5 nitrogen and oxygen atoms in total. The highest BCUT2D eigenvalue weighted by Gasteiger charge is 2.44. The van der Waals surface area contributed by atoms with E-state index in [4.69, 9.17) is 5.73 Å². The summed E-state index contributed by atoms with van der Waals surface area (Å²) < 4.78 is 14.1. The van der Waals surface area contributed by atoms with Crippen LogP contribution in [0.2, 0.25) is 0 Å². The molecule has 2 atom stereocenters. The van der Waals surface area contributed by atoms with Gasteiger partial charge in [0.05, 0.1) is 6.20 Å². The topological polar surface area (TPSA) is 76.3 Å². The molecule has 2 heterocycles. The van der Waals surface area contributed by atoms with Crippen LogP contribution in [0.1, 0.15) is 31.4 Å². The predicted molar refractivity (Wildman–Crippen MR) is 113 cm³/mol. The summed E-state index contributed by atoms with van der Waals surface area (Å²) in [5.74, 6) is -1.15. The fraction of sp³-hybridized carbons (Fsp3) is 0.208. The number of carbonyl (C=O) groups is 2. The number of hydrogen-bond acceptors (Lipinski definition) is 3. The van der Waals surface area contributed by atoms with Crippen LogP contribution in [0, 0.1) is 5.82 Å². The molecule has 0 radical (unpaired) electrons. The van der Waals surface area contributed by atoms with Crippen molar-refractivity contribution in [2.45, 2.75) is 31.7 Å².